The van der Waals surface area contributed by atoms with Crippen molar-refractivity contribution in [2.24, 2.45) is 0 Å². The Kier molecular flexibility index (Phi) is 4.28. The van der Waals surface area contributed by atoms with Crippen LogP contribution in [0, 0.1) is 10.1 Å². The Hall–Kier alpha value is -3.13. The van der Waals surface area contributed by atoms with Gasteiger partial charge in [0.05, 0.1) is 18.1 Å². The Labute approximate surface area is 143 Å². The lowest BCUT2D eigenvalue weighted by atomic mass is 10.1. The molecule has 0 aliphatic heterocycles. The van der Waals surface area contributed by atoms with Gasteiger partial charge in [0.15, 0.2) is 0 Å². The molecule has 0 aliphatic rings. The van der Waals surface area contributed by atoms with Gasteiger partial charge < -0.3 is 8.92 Å². The van der Waals surface area contributed by atoms with Crippen molar-refractivity contribution >= 4 is 26.6 Å². The maximum Gasteiger partial charge on any atom is 0.342 e. The van der Waals surface area contributed by atoms with Crippen molar-refractivity contribution in [3.8, 4) is 11.5 Å². The van der Waals surface area contributed by atoms with E-state index in [1.54, 1.807) is 12.1 Å². The van der Waals surface area contributed by atoms with Gasteiger partial charge in [0.1, 0.15) is 16.4 Å². The number of ether oxygens (including phenoxy) is 1. The summed E-state index contributed by atoms with van der Waals surface area (Å²) in [7, 11) is -2.98. The van der Waals surface area contributed by atoms with Crippen molar-refractivity contribution in [2.75, 3.05) is 7.11 Å². The Morgan fingerprint density at radius 1 is 0.960 bits per heavy atom. The highest BCUT2D eigenvalue weighted by Crippen LogP contribution is 2.31. The minimum absolute atomic E-state index is 0.138. The molecule has 0 spiro atoms. The smallest absolute Gasteiger partial charge is 0.342 e. The molecule has 0 saturated heterocycles. The molecule has 0 N–H and O–H groups in total. The first-order valence-electron chi connectivity index (χ1n) is 7.16. The number of nitrogens with zero attached hydrogens (tertiary/aromatic N) is 1. The average molecular weight is 359 g/mol. The molecular weight excluding hydrogens is 346 g/mol. The Balaban J connectivity index is 1.99. The van der Waals surface area contributed by atoms with Gasteiger partial charge in [-0.2, -0.15) is 8.42 Å². The van der Waals surface area contributed by atoms with Gasteiger partial charge in [-0.25, -0.2) is 0 Å². The lowest BCUT2D eigenvalue weighted by Crippen LogP contribution is -2.11. The summed E-state index contributed by atoms with van der Waals surface area (Å²) in [5.74, 6) is -0.0194. The summed E-state index contributed by atoms with van der Waals surface area (Å²) in [4.78, 5) is 9.90. The van der Waals surface area contributed by atoms with Crippen molar-refractivity contribution in [1.82, 2.24) is 0 Å². The van der Waals surface area contributed by atoms with Crippen LogP contribution in [0.25, 0.3) is 10.8 Å². The van der Waals surface area contributed by atoms with Gasteiger partial charge in [-0.3, -0.25) is 10.1 Å². The molecule has 8 heteroatoms. The molecule has 0 amide bonds. The summed E-state index contributed by atoms with van der Waals surface area (Å²) >= 11 is 0. The second kappa shape index (κ2) is 6.40. The van der Waals surface area contributed by atoms with Crippen LogP contribution >= 0.6 is 0 Å². The third-order valence-corrected chi connectivity index (χ3v) is 4.84. The monoisotopic (exact) mass is 359 g/mol. The van der Waals surface area contributed by atoms with E-state index in [-0.39, 0.29) is 22.1 Å². The van der Waals surface area contributed by atoms with Crippen LogP contribution in [0.3, 0.4) is 0 Å². The Bertz CT molecular complexity index is 1060. The first-order chi connectivity index (χ1) is 11.9. The van der Waals surface area contributed by atoms with Gasteiger partial charge in [-0.15, -0.1) is 0 Å². The van der Waals surface area contributed by atoms with Gasteiger partial charge in [0.2, 0.25) is 0 Å². The second-order valence-electron chi connectivity index (χ2n) is 5.14. The number of benzene rings is 3. The number of methoxy groups -OCH3 is 1. The minimum Gasteiger partial charge on any atom is -0.495 e. The third-order valence-electron chi connectivity index (χ3n) is 3.55. The van der Waals surface area contributed by atoms with Crippen LogP contribution in [0.15, 0.2) is 65.6 Å². The van der Waals surface area contributed by atoms with Gasteiger partial charge >= 0.3 is 10.1 Å². The molecule has 0 bridgehead atoms. The van der Waals surface area contributed by atoms with E-state index in [9.17, 15) is 18.5 Å². The molecule has 0 fully saturated rings. The molecule has 0 atom stereocenters. The van der Waals surface area contributed by atoms with Crippen molar-refractivity contribution < 1.29 is 22.3 Å². The minimum atomic E-state index is -4.21. The molecule has 128 valence electrons. The zero-order valence-electron chi connectivity index (χ0n) is 13.1. The predicted octanol–water partition coefficient (Wildman–Crippen LogP) is 3.52. The largest absolute Gasteiger partial charge is 0.495 e. The number of nitro groups is 1. The van der Waals surface area contributed by atoms with Crippen LogP contribution in [0.1, 0.15) is 0 Å². The van der Waals surface area contributed by atoms with Crippen LogP contribution < -0.4 is 8.92 Å². The highest BCUT2D eigenvalue weighted by atomic mass is 32.2. The number of fused-ring (bicyclic) bond motifs is 1. The zero-order valence-corrected chi connectivity index (χ0v) is 13.9. The van der Waals surface area contributed by atoms with E-state index in [1.165, 1.54) is 13.2 Å². The summed E-state index contributed by atoms with van der Waals surface area (Å²) < 4.78 is 35.2. The standard InChI is InChI=1S/C17H13NO6S/c1-23-16-11-14(18(19)20)7-9-17(16)25(21,22)24-15-8-6-12-4-2-3-5-13(12)10-15/h2-11H,1H3. The fraction of sp³-hybridized carbons (Fsp3) is 0.0588. The van der Waals surface area contributed by atoms with Crippen LogP contribution in [-0.4, -0.2) is 20.5 Å². The van der Waals surface area contributed by atoms with Crippen LogP contribution in [0.5, 0.6) is 11.5 Å². The lowest BCUT2D eigenvalue weighted by molar-refractivity contribution is -0.385. The summed E-state index contributed by atoms with van der Waals surface area (Å²) in [6.07, 6.45) is 0. The zero-order chi connectivity index (χ0) is 18.0. The van der Waals surface area contributed by atoms with Crippen LogP contribution in [0.2, 0.25) is 0 Å². The highest BCUT2D eigenvalue weighted by Gasteiger charge is 2.24. The maximum atomic E-state index is 12.5. The molecule has 0 aromatic heterocycles. The van der Waals surface area contributed by atoms with E-state index >= 15 is 0 Å². The summed E-state index contributed by atoms with van der Waals surface area (Å²) in [5.41, 5.74) is -0.276. The molecule has 0 aliphatic carbocycles. The van der Waals surface area contributed by atoms with E-state index < -0.39 is 15.0 Å². The quantitative estimate of drug-likeness (QED) is 0.393. The molecule has 3 rings (SSSR count). The molecule has 25 heavy (non-hydrogen) atoms. The molecule has 0 unspecified atom stereocenters. The van der Waals surface area contributed by atoms with Gasteiger partial charge in [-0.05, 0) is 29.0 Å². The highest BCUT2D eigenvalue weighted by molar-refractivity contribution is 7.87. The predicted molar refractivity (Wildman–Crippen MR) is 91.4 cm³/mol. The number of hydrogen-bond donors (Lipinski definition) is 0. The molecule has 3 aromatic carbocycles. The number of rotatable bonds is 5. The van der Waals surface area contributed by atoms with E-state index in [0.717, 1.165) is 29.0 Å². The first kappa shape index (κ1) is 16.7. The van der Waals surface area contributed by atoms with E-state index in [1.807, 2.05) is 24.3 Å². The van der Waals surface area contributed by atoms with Crippen molar-refractivity contribution in [3.63, 3.8) is 0 Å². The van der Waals surface area contributed by atoms with Gasteiger partial charge in [0, 0.05) is 6.07 Å². The molecule has 0 heterocycles. The van der Waals surface area contributed by atoms with Crippen molar-refractivity contribution in [2.45, 2.75) is 4.90 Å². The molecule has 3 aromatic rings. The third kappa shape index (κ3) is 3.38. The number of hydrogen-bond acceptors (Lipinski definition) is 6. The number of non-ortho nitro benzene ring substituents is 1. The maximum absolute atomic E-state index is 12.5. The fourth-order valence-corrected chi connectivity index (χ4v) is 3.44. The number of nitro benzene ring substituents is 1. The van der Waals surface area contributed by atoms with E-state index in [0.29, 0.717) is 0 Å². The molecule has 7 nitrogen and oxygen atoms in total. The first-order valence-corrected chi connectivity index (χ1v) is 8.57. The normalized spacial score (nSPS) is 11.2. The SMILES string of the molecule is COc1cc([N+](=O)[O-])ccc1S(=O)(=O)Oc1ccc2ccccc2c1. The topological polar surface area (TPSA) is 95.7 Å². The van der Waals surface area contributed by atoms with Crippen molar-refractivity contribution in [1.29, 1.82) is 0 Å². The second-order valence-corrected chi connectivity index (χ2v) is 6.65. The average Bonchev–Trinajstić information content (AvgIpc) is 2.60. The Morgan fingerprint density at radius 3 is 2.36 bits per heavy atom. The molecule has 0 radical (unpaired) electrons. The van der Waals surface area contributed by atoms with Gasteiger partial charge in [0.25, 0.3) is 5.69 Å². The van der Waals surface area contributed by atoms with Gasteiger partial charge in [-0.1, -0.05) is 30.3 Å². The molecular formula is C17H13NO6S. The lowest BCUT2D eigenvalue weighted by Gasteiger charge is -2.11. The Morgan fingerprint density at radius 2 is 1.68 bits per heavy atom. The van der Waals surface area contributed by atoms with Crippen LogP contribution in [-0.2, 0) is 10.1 Å². The summed E-state index contributed by atoms with van der Waals surface area (Å²) in [5, 5.41) is 12.6. The van der Waals surface area contributed by atoms with E-state index in [4.69, 9.17) is 8.92 Å². The fourth-order valence-electron chi connectivity index (χ4n) is 2.37. The van der Waals surface area contributed by atoms with E-state index in [2.05, 4.69) is 0 Å². The van der Waals surface area contributed by atoms with Crippen LogP contribution in [0.4, 0.5) is 5.69 Å². The summed E-state index contributed by atoms with van der Waals surface area (Å²) in [6, 6.07) is 15.5. The molecule has 0 saturated carbocycles. The summed E-state index contributed by atoms with van der Waals surface area (Å²) in [6.45, 7) is 0. The van der Waals surface area contributed by atoms with Crippen molar-refractivity contribution in [3.05, 3.63) is 70.8 Å².